The van der Waals surface area contributed by atoms with E-state index < -0.39 is 0 Å². The highest BCUT2D eigenvalue weighted by Crippen LogP contribution is 2.29. The molecule has 2 aliphatic carbocycles. The molecular formula is C21H31NO2. The smallest absolute Gasteiger partial charge is 0.0947 e. The minimum Gasteiger partial charge on any atom is -0.501 e. The predicted octanol–water partition coefficient (Wildman–Crippen LogP) is 5.49. The molecule has 0 amide bonds. The molecule has 0 heterocycles. The van der Waals surface area contributed by atoms with Gasteiger partial charge in [-0.05, 0) is 63.0 Å². The Labute approximate surface area is 147 Å². The monoisotopic (exact) mass is 329 g/mol. The third-order valence-electron chi connectivity index (χ3n) is 4.69. The minimum atomic E-state index is 0.503. The number of hydrogen-bond acceptors (Lipinski definition) is 3. The van der Waals surface area contributed by atoms with Gasteiger partial charge in [-0.1, -0.05) is 0 Å². The normalized spacial score (nSPS) is 20.0. The molecule has 132 valence electrons. The van der Waals surface area contributed by atoms with Gasteiger partial charge in [0.25, 0.3) is 0 Å². The van der Waals surface area contributed by atoms with Crippen LogP contribution in [-0.2, 0) is 9.47 Å². The topological polar surface area (TPSA) is 42.2 Å². The van der Waals surface area contributed by atoms with Gasteiger partial charge in [-0.25, -0.2) is 0 Å². The standard InChI is InChI=1S/C11H16O.C10H15NO/c1-3-4-7-10-8-5-6-9-11(10)12-2;1-12-10-7-3-2-5-9(10)6-4-8-11/h1H,4-9H2,2H3;7,9H,2-6H2,1H3. The van der Waals surface area contributed by atoms with Crippen LogP contribution in [0.1, 0.15) is 70.6 Å². The Morgan fingerprint density at radius 2 is 1.96 bits per heavy atom. The van der Waals surface area contributed by atoms with E-state index in [2.05, 4.69) is 18.1 Å². The van der Waals surface area contributed by atoms with Gasteiger partial charge < -0.3 is 9.47 Å². The van der Waals surface area contributed by atoms with Crippen LogP contribution in [0.5, 0.6) is 0 Å². The molecule has 3 nitrogen and oxygen atoms in total. The zero-order valence-electron chi connectivity index (χ0n) is 15.3. The Morgan fingerprint density at radius 3 is 2.62 bits per heavy atom. The van der Waals surface area contributed by atoms with Gasteiger partial charge in [0, 0.05) is 25.2 Å². The lowest BCUT2D eigenvalue weighted by Crippen LogP contribution is -2.09. The van der Waals surface area contributed by atoms with E-state index in [1.165, 1.54) is 43.4 Å². The lowest BCUT2D eigenvalue weighted by Gasteiger charge is -2.21. The Balaban J connectivity index is 0.000000240. The van der Waals surface area contributed by atoms with Crippen molar-refractivity contribution in [1.82, 2.24) is 0 Å². The molecular weight excluding hydrogens is 298 g/mol. The molecule has 2 rings (SSSR count). The maximum Gasteiger partial charge on any atom is 0.0947 e. The lowest BCUT2D eigenvalue weighted by atomic mass is 9.90. The van der Waals surface area contributed by atoms with Gasteiger partial charge in [0.2, 0.25) is 0 Å². The number of nitriles is 1. The molecule has 1 atom stereocenters. The number of allylic oxidation sites excluding steroid dienone is 4. The summed E-state index contributed by atoms with van der Waals surface area (Å²) in [5, 5.41) is 8.45. The molecule has 0 saturated heterocycles. The third-order valence-corrected chi connectivity index (χ3v) is 4.69. The summed E-state index contributed by atoms with van der Waals surface area (Å²) in [6, 6.07) is 2.18. The second-order valence-electron chi connectivity index (χ2n) is 6.28. The molecule has 24 heavy (non-hydrogen) atoms. The van der Waals surface area contributed by atoms with Crippen LogP contribution in [0.3, 0.4) is 0 Å². The van der Waals surface area contributed by atoms with E-state index in [4.69, 9.17) is 21.2 Å². The van der Waals surface area contributed by atoms with Gasteiger partial charge >= 0.3 is 0 Å². The second kappa shape index (κ2) is 12.5. The van der Waals surface area contributed by atoms with E-state index in [1.807, 2.05) is 0 Å². The highest BCUT2D eigenvalue weighted by Gasteiger charge is 2.17. The number of methoxy groups -OCH3 is 2. The van der Waals surface area contributed by atoms with Crippen molar-refractivity contribution in [2.75, 3.05) is 14.2 Å². The van der Waals surface area contributed by atoms with Crippen LogP contribution in [0.15, 0.2) is 23.2 Å². The summed E-state index contributed by atoms with van der Waals surface area (Å²) in [6.45, 7) is 0. The Kier molecular flexibility index (Phi) is 10.5. The summed E-state index contributed by atoms with van der Waals surface area (Å²) in [4.78, 5) is 0. The quantitative estimate of drug-likeness (QED) is 0.605. The second-order valence-corrected chi connectivity index (χ2v) is 6.28. The predicted molar refractivity (Wildman–Crippen MR) is 97.9 cm³/mol. The SMILES string of the molecule is C#CCCC1=C(OC)CCCC1.COC1=CCCCC1CCC#N. The van der Waals surface area contributed by atoms with E-state index in [-0.39, 0.29) is 0 Å². The highest BCUT2D eigenvalue weighted by molar-refractivity contribution is 5.13. The number of ether oxygens (including phenoxy) is 2. The van der Waals surface area contributed by atoms with Crippen LogP contribution in [0.2, 0.25) is 0 Å². The van der Waals surface area contributed by atoms with Crippen molar-refractivity contribution in [3.8, 4) is 18.4 Å². The fraction of sp³-hybridized carbons (Fsp3) is 0.667. The van der Waals surface area contributed by atoms with E-state index in [0.29, 0.717) is 12.3 Å². The summed E-state index contributed by atoms with van der Waals surface area (Å²) in [6.07, 6.45) is 19.3. The Bertz CT molecular complexity index is 505. The van der Waals surface area contributed by atoms with Crippen LogP contribution < -0.4 is 0 Å². The largest absolute Gasteiger partial charge is 0.501 e. The van der Waals surface area contributed by atoms with Crippen LogP contribution in [-0.4, -0.2) is 14.2 Å². The zero-order chi connectivity index (χ0) is 17.6. The van der Waals surface area contributed by atoms with Gasteiger partial charge in [-0.3, -0.25) is 0 Å². The van der Waals surface area contributed by atoms with E-state index in [9.17, 15) is 0 Å². The molecule has 0 spiro atoms. The summed E-state index contributed by atoms with van der Waals surface area (Å²) in [5.41, 5.74) is 1.45. The number of terminal acetylenes is 1. The molecule has 0 N–H and O–H groups in total. The van der Waals surface area contributed by atoms with E-state index >= 15 is 0 Å². The molecule has 0 fully saturated rings. The first-order chi connectivity index (χ1) is 11.8. The van der Waals surface area contributed by atoms with Crippen molar-refractivity contribution in [3.05, 3.63) is 23.2 Å². The molecule has 0 saturated carbocycles. The highest BCUT2D eigenvalue weighted by atomic mass is 16.5. The first-order valence-corrected chi connectivity index (χ1v) is 9.06. The van der Waals surface area contributed by atoms with Crippen molar-refractivity contribution in [2.45, 2.75) is 70.6 Å². The molecule has 0 aromatic heterocycles. The maximum atomic E-state index is 8.45. The average molecular weight is 329 g/mol. The summed E-state index contributed by atoms with van der Waals surface area (Å²) in [5.74, 6) is 5.46. The number of nitrogens with zero attached hydrogens (tertiary/aromatic N) is 1. The van der Waals surface area contributed by atoms with Crippen molar-refractivity contribution < 1.29 is 9.47 Å². The van der Waals surface area contributed by atoms with Gasteiger partial charge in [0.1, 0.15) is 0 Å². The Morgan fingerprint density at radius 1 is 1.17 bits per heavy atom. The third kappa shape index (κ3) is 7.14. The van der Waals surface area contributed by atoms with Crippen molar-refractivity contribution in [3.63, 3.8) is 0 Å². The molecule has 3 heteroatoms. The van der Waals surface area contributed by atoms with Crippen molar-refractivity contribution in [1.29, 1.82) is 5.26 Å². The van der Waals surface area contributed by atoms with Crippen molar-refractivity contribution >= 4 is 0 Å². The Hall–Kier alpha value is -1.87. The van der Waals surface area contributed by atoms with Gasteiger partial charge in [-0.2, -0.15) is 5.26 Å². The lowest BCUT2D eigenvalue weighted by molar-refractivity contribution is 0.218. The zero-order valence-corrected chi connectivity index (χ0v) is 15.3. The van der Waals surface area contributed by atoms with Gasteiger partial charge in [-0.15, -0.1) is 12.3 Å². The fourth-order valence-electron chi connectivity index (χ4n) is 3.37. The molecule has 0 aliphatic heterocycles. The molecule has 0 bridgehead atoms. The summed E-state index contributed by atoms with van der Waals surface area (Å²) >= 11 is 0. The van der Waals surface area contributed by atoms with Crippen LogP contribution in [0.4, 0.5) is 0 Å². The number of rotatable bonds is 6. The summed E-state index contributed by atoms with van der Waals surface area (Å²) < 4.78 is 10.6. The van der Waals surface area contributed by atoms with Crippen LogP contribution in [0, 0.1) is 29.6 Å². The molecule has 0 aromatic carbocycles. The molecule has 2 aliphatic rings. The van der Waals surface area contributed by atoms with Gasteiger partial charge in [0.05, 0.1) is 31.8 Å². The minimum absolute atomic E-state index is 0.503. The molecule has 1 unspecified atom stereocenters. The maximum absolute atomic E-state index is 8.45. The first-order valence-electron chi connectivity index (χ1n) is 9.06. The first kappa shape index (κ1) is 20.2. The van der Waals surface area contributed by atoms with Crippen LogP contribution in [0.25, 0.3) is 0 Å². The molecule has 0 radical (unpaired) electrons. The van der Waals surface area contributed by atoms with Crippen molar-refractivity contribution in [2.24, 2.45) is 5.92 Å². The molecule has 0 aromatic rings. The van der Waals surface area contributed by atoms with E-state index in [1.54, 1.807) is 14.2 Å². The number of hydrogen-bond donors (Lipinski definition) is 0. The van der Waals surface area contributed by atoms with E-state index in [0.717, 1.165) is 37.9 Å². The van der Waals surface area contributed by atoms with Gasteiger partial charge in [0.15, 0.2) is 0 Å². The van der Waals surface area contributed by atoms with Crippen LogP contribution >= 0.6 is 0 Å². The average Bonchev–Trinajstić information content (AvgIpc) is 2.65. The fourth-order valence-corrected chi connectivity index (χ4v) is 3.37. The summed E-state index contributed by atoms with van der Waals surface area (Å²) in [7, 11) is 3.48.